The number of aliphatic hydroxyl groups excluding tert-OH is 1. The summed E-state index contributed by atoms with van der Waals surface area (Å²) >= 11 is 0. The largest absolute Gasteiger partial charge is 0.403 e. The maximum Gasteiger partial charge on any atom is 0.403 e. The van der Waals surface area contributed by atoms with Crippen LogP contribution in [0.5, 0.6) is 0 Å². The van der Waals surface area contributed by atoms with Gasteiger partial charge in [0.2, 0.25) is 0 Å². The van der Waals surface area contributed by atoms with Gasteiger partial charge in [-0.25, -0.2) is 14.4 Å². The Hall–Kier alpha value is -2.11. The maximum atomic E-state index is 12.2. The van der Waals surface area contributed by atoms with Crippen LogP contribution in [0.15, 0.2) is 47.4 Å². The second-order valence-corrected chi connectivity index (χ2v) is 8.74. The van der Waals surface area contributed by atoms with Gasteiger partial charge < -0.3 is 25.6 Å². The zero-order valence-electron chi connectivity index (χ0n) is 15.2. The lowest BCUT2D eigenvalue weighted by Crippen LogP contribution is -2.45. The molecule has 0 bridgehead atoms. The molecule has 156 valence electrons. The van der Waals surface area contributed by atoms with Gasteiger partial charge >= 0.3 is 13.4 Å². The smallest absolute Gasteiger partial charge is 0.388 e. The molecular formula is C17H21N4O7P. The lowest BCUT2D eigenvalue weighted by Gasteiger charge is -2.24. The van der Waals surface area contributed by atoms with E-state index in [2.05, 4.69) is 10.1 Å². The molecule has 11 nitrogen and oxygen atoms in total. The highest BCUT2D eigenvalue weighted by Gasteiger charge is 2.81. The van der Waals surface area contributed by atoms with Crippen molar-refractivity contribution in [3.05, 3.63) is 58.6 Å². The molecule has 2 fully saturated rings. The molecule has 6 N–H and O–H groups in total. The first-order chi connectivity index (χ1) is 13.7. The van der Waals surface area contributed by atoms with E-state index in [1.54, 1.807) is 24.3 Å². The Labute approximate surface area is 165 Å². The van der Waals surface area contributed by atoms with Crippen LogP contribution in [0.1, 0.15) is 12.0 Å². The number of ether oxygens (including phenoxy) is 1. The van der Waals surface area contributed by atoms with Crippen LogP contribution in [0.2, 0.25) is 0 Å². The fourth-order valence-electron chi connectivity index (χ4n) is 3.69. The Morgan fingerprint density at radius 3 is 2.79 bits per heavy atom. The fraction of sp³-hybridized carbons (Fsp3) is 0.412. The molecule has 1 aliphatic carbocycles. The van der Waals surface area contributed by atoms with E-state index in [1.807, 2.05) is 6.07 Å². The Morgan fingerprint density at radius 1 is 1.38 bits per heavy atom. The monoisotopic (exact) mass is 424 g/mol. The highest BCUT2D eigenvalue weighted by molar-refractivity contribution is 7.50. The van der Waals surface area contributed by atoms with Crippen molar-refractivity contribution in [3.8, 4) is 0 Å². The third-order valence-electron chi connectivity index (χ3n) is 5.24. The molecule has 2 aliphatic rings. The van der Waals surface area contributed by atoms with Gasteiger partial charge in [-0.15, -0.1) is 0 Å². The van der Waals surface area contributed by atoms with Gasteiger partial charge in [-0.05, 0) is 11.6 Å². The first-order valence-corrected chi connectivity index (χ1v) is 10.4. The van der Waals surface area contributed by atoms with E-state index in [9.17, 15) is 24.5 Å². The number of aliphatic hydroxyl groups is 2. The summed E-state index contributed by atoms with van der Waals surface area (Å²) in [5, 5.41) is 23.7. The molecule has 1 saturated heterocycles. The average molecular weight is 424 g/mol. The van der Waals surface area contributed by atoms with Gasteiger partial charge in [-0.2, -0.15) is 4.98 Å². The molecule has 0 radical (unpaired) electrons. The number of nitrogen functional groups attached to an aromatic ring is 1. The van der Waals surface area contributed by atoms with Crippen molar-refractivity contribution in [2.75, 3.05) is 12.3 Å². The summed E-state index contributed by atoms with van der Waals surface area (Å²) < 4.78 is 23.7. The summed E-state index contributed by atoms with van der Waals surface area (Å²) in [5.74, 6) is -1.80. The van der Waals surface area contributed by atoms with Gasteiger partial charge in [0.25, 0.3) is 0 Å². The van der Waals surface area contributed by atoms with Crippen molar-refractivity contribution in [3.63, 3.8) is 0 Å². The summed E-state index contributed by atoms with van der Waals surface area (Å²) in [6, 6.07) is 10.3. The molecule has 4 rings (SSSR count). The third kappa shape index (κ3) is 3.51. The van der Waals surface area contributed by atoms with Crippen LogP contribution in [0.25, 0.3) is 0 Å². The molecule has 0 spiro atoms. The van der Waals surface area contributed by atoms with Crippen molar-refractivity contribution >= 4 is 13.6 Å². The SMILES string of the molecule is Nc1ccn(C23CC2(O)OC(COP(=O)(O)NCc2ccccc2)C3O)c(=O)n1. The molecule has 2 heterocycles. The number of rotatable bonds is 7. The Bertz CT molecular complexity index is 1020. The van der Waals surface area contributed by atoms with E-state index in [0.717, 1.165) is 10.1 Å². The second kappa shape index (κ2) is 6.99. The second-order valence-electron chi connectivity index (χ2n) is 7.13. The van der Waals surface area contributed by atoms with Gasteiger partial charge in [-0.3, -0.25) is 9.09 Å². The minimum absolute atomic E-state index is 0.00541. The van der Waals surface area contributed by atoms with E-state index < -0.39 is 43.6 Å². The lowest BCUT2D eigenvalue weighted by atomic mass is 10.0. The van der Waals surface area contributed by atoms with E-state index >= 15 is 0 Å². The summed E-state index contributed by atoms with van der Waals surface area (Å²) in [6.07, 6.45) is -1.22. The predicted octanol–water partition coefficient (Wildman–Crippen LogP) is -0.720. The van der Waals surface area contributed by atoms with Gasteiger partial charge in [0.05, 0.1) is 6.61 Å². The molecule has 5 atom stereocenters. The third-order valence-corrected chi connectivity index (χ3v) is 6.30. The first kappa shape index (κ1) is 20.2. The predicted molar refractivity (Wildman–Crippen MR) is 100 cm³/mol. The molecule has 12 heteroatoms. The topological polar surface area (TPSA) is 169 Å². The number of fused-ring (bicyclic) bond motifs is 1. The molecule has 2 aromatic rings. The maximum absolute atomic E-state index is 12.2. The fourth-order valence-corrected chi connectivity index (χ4v) is 4.51. The van der Waals surface area contributed by atoms with Crippen LogP contribution >= 0.6 is 7.75 Å². The van der Waals surface area contributed by atoms with Gasteiger partial charge in [-0.1, -0.05) is 30.3 Å². The first-order valence-electron chi connectivity index (χ1n) is 8.87. The molecule has 1 aromatic heterocycles. The average Bonchev–Trinajstić information content (AvgIpc) is 3.23. The minimum Gasteiger partial charge on any atom is -0.388 e. The Kier molecular flexibility index (Phi) is 4.87. The molecule has 0 amide bonds. The highest BCUT2D eigenvalue weighted by Crippen LogP contribution is 2.63. The summed E-state index contributed by atoms with van der Waals surface area (Å²) in [4.78, 5) is 25.7. The lowest BCUT2D eigenvalue weighted by molar-refractivity contribution is -0.152. The molecule has 1 saturated carbocycles. The normalized spacial score (nSPS) is 32.5. The van der Waals surface area contributed by atoms with Crippen LogP contribution < -0.4 is 16.5 Å². The number of nitrogens with zero attached hydrogens (tertiary/aromatic N) is 2. The summed E-state index contributed by atoms with van der Waals surface area (Å²) in [5.41, 5.74) is 4.07. The van der Waals surface area contributed by atoms with Crippen molar-refractivity contribution in [1.82, 2.24) is 14.6 Å². The van der Waals surface area contributed by atoms with E-state index in [4.69, 9.17) is 15.0 Å². The number of nitrogens with one attached hydrogen (secondary N) is 1. The summed E-state index contributed by atoms with van der Waals surface area (Å²) in [7, 11) is -4.19. The van der Waals surface area contributed by atoms with Crippen molar-refractivity contribution in [2.24, 2.45) is 0 Å². The number of hydrogen-bond acceptors (Lipinski definition) is 8. The van der Waals surface area contributed by atoms with Gasteiger partial charge in [0.1, 0.15) is 23.6 Å². The molecule has 5 unspecified atom stereocenters. The van der Waals surface area contributed by atoms with Crippen LogP contribution in [-0.2, 0) is 25.9 Å². The van der Waals surface area contributed by atoms with Crippen molar-refractivity contribution < 1.29 is 28.9 Å². The van der Waals surface area contributed by atoms with Crippen LogP contribution in [0, 0.1) is 0 Å². The molecule has 29 heavy (non-hydrogen) atoms. The Balaban J connectivity index is 1.42. The number of benzene rings is 1. The quantitative estimate of drug-likeness (QED) is 0.358. The number of nitrogens with two attached hydrogens (primary N) is 1. The zero-order valence-corrected chi connectivity index (χ0v) is 16.1. The zero-order chi connectivity index (χ0) is 20.9. The molecule has 1 aliphatic heterocycles. The Morgan fingerprint density at radius 2 is 2.10 bits per heavy atom. The molecule has 1 aromatic carbocycles. The number of aromatic nitrogens is 2. The van der Waals surface area contributed by atoms with E-state index in [0.29, 0.717) is 0 Å². The van der Waals surface area contributed by atoms with E-state index in [-0.39, 0.29) is 18.8 Å². The van der Waals surface area contributed by atoms with Crippen LogP contribution in [-0.4, -0.2) is 49.3 Å². The van der Waals surface area contributed by atoms with Crippen LogP contribution in [0.4, 0.5) is 5.82 Å². The van der Waals surface area contributed by atoms with E-state index in [1.165, 1.54) is 12.3 Å². The standard InChI is InChI=1S/C17H21N4O7P/c18-13-6-7-21(15(23)20-13)16-10-17(16,24)28-12(14(16)22)9-27-29(25,26)19-8-11-4-2-1-3-5-11/h1-7,12,14,22,24H,8-10H2,(H2,18,20,23)(H2,19,25,26). The van der Waals surface area contributed by atoms with Crippen molar-refractivity contribution in [1.29, 1.82) is 0 Å². The summed E-state index contributed by atoms with van der Waals surface area (Å²) in [6.45, 7) is -0.374. The van der Waals surface area contributed by atoms with Crippen LogP contribution in [0.3, 0.4) is 0 Å². The number of hydrogen-bond donors (Lipinski definition) is 5. The van der Waals surface area contributed by atoms with Crippen molar-refractivity contribution in [2.45, 2.75) is 36.5 Å². The number of anilines is 1. The highest BCUT2D eigenvalue weighted by atomic mass is 31.2. The minimum atomic E-state index is -4.19. The van der Waals surface area contributed by atoms with Gasteiger partial charge in [0, 0.05) is 19.2 Å². The van der Waals surface area contributed by atoms with Gasteiger partial charge in [0.15, 0.2) is 5.79 Å². The molecular weight excluding hydrogens is 403 g/mol.